The van der Waals surface area contributed by atoms with E-state index >= 15 is 0 Å². The first-order valence-electron chi connectivity index (χ1n) is 8.05. The molecule has 23 heavy (non-hydrogen) atoms. The molecular formula is C17H24ClN3O2. The number of halogens is 1. The molecule has 1 aromatic rings. The fourth-order valence-corrected chi connectivity index (χ4v) is 2.82. The molecule has 126 valence electrons. The number of likely N-dealkylation sites (tertiary alicyclic amines) is 1. The predicted molar refractivity (Wildman–Crippen MR) is 92.6 cm³/mol. The van der Waals surface area contributed by atoms with Crippen LogP contribution in [0.1, 0.15) is 43.5 Å². The third-order valence-corrected chi connectivity index (χ3v) is 4.44. The zero-order valence-electron chi connectivity index (χ0n) is 13.6. The lowest BCUT2D eigenvalue weighted by atomic mass is 10.0. The van der Waals surface area contributed by atoms with Crippen molar-refractivity contribution in [1.29, 1.82) is 0 Å². The largest absolute Gasteiger partial charge is 0.339 e. The fourth-order valence-electron chi connectivity index (χ4n) is 2.56. The SMILES string of the molecule is CC(C)[C@H](N)C(=O)Nc1ccc(C(=O)N2CCCCC2)c(Cl)c1. The fraction of sp³-hybridized carbons (Fsp3) is 0.529. The van der Waals surface area contributed by atoms with Gasteiger partial charge in [0.15, 0.2) is 0 Å². The molecule has 0 radical (unpaired) electrons. The van der Waals surface area contributed by atoms with Crippen LogP contribution in [0, 0.1) is 5.92 Å². The summed E-state index contributed by atoms with van der Waals surface area (Å²) in [5.41, 5.74) is 6.84. The Morgan fingerprint density at radius 3 is 2.43 bits per heavy atom. The van der Waals surface area contributed by atoms with Crippen LogP contribution >= 0.6 is 11.6 Å². The zero-order chi connectivity index (χ0) is 17.0. The summed E-state index contributed by atoms with van der Waals surface area (Å²) in [5.74, 6) is -0.261. The lowest BCUT2D eigenvalue weighted by Gasteiger charge is -2.27. The molecule has 0 bridgehead atoms. The average Bonchev–Trinajstić information content (AvgIpc) is 2.54. The maximum Gasteiger partial charge on any atom is 0.255 e. The second-order valence-corrected chi connectivity index (χ2v) is 6.71. The Morgan fingerprint density at radius 1 is 1.22 bits per heavy atom. The molecule has 3 N–H and O–H groups in total. The van der Waals surface area contributed by atoms with Crippen molar-refractivity contribution >= 4 is 29.1 Å². The van der Waals surface area contributed by atoms with Crippen LogP contribution in [0.2, 0.25) is 5.02 Å². The maximum atomic E-state index is 12.5. The molecule has 2 amide bonds. The number of anilines is 1. The molecule has 0 spiro atoms. The van der Waals surface area contributed by atoms with E-state index in [1.807, 2.05) is 18.7 Å². The van der Waals surface area contributed by atoms with Gasteiger partial charge >= 0.3 is 0 Å². The van der Waals surface area contributed by atoms with Crippen LogP contribution in [0.3, 0.4) is 0 Å². The van der Waals surface area contributed by atoms with Gasteiger partial charge in [-0.1, -0.05) is 25.4 Å². The summed E-state index contributed by atoms with van der Waals surface area (Å²) in [6.45, 7) is 5.32. The second-order valence-electron chi connectivity index (χ2n) is 6.31. The van der Waals surface area contributed by atoms with Crippen molar-refractivity contribution < 1.29 is 9.59 Å². The Kier molecular flexibility index (Phi) is 6.02. The molecule has 5 nitrogen and oxygen atoms in total. The first-order chi connectivity index (χ1) is 10.9. The molecule has 0 saturated carbocycles. The molecule has 1 heterocycles. The van der Waals surface area contributed by atoms with Crippen LogP contribution in [-0.2, 0) is 4.79 Å². The average molecular weight is 338 g/mol. The van der Waals surface area contributed by atoms with E-state index in [1.165, 1.54) is 6.42 Å². The van der Waals surface area contributed by atoms with E-state index in [0.717, 1.165) is 25.9 Å². The van der Waals surface area contributed by atoms with E-state index in [4.69, 9.17) is 17.3 Å². The third-order valence-electron chi connectivity index (χ3n) is 4.13. The summed E-state index contributed by atoms with van der Waals surface area (Å²) in [4.78, 5) is 26.3. The molecule has 1 atom stereocenters. The number of benzene rings is 1. The highest BCUT2D eigenvalue weighted by molar-refractivity contribution is 6.34. The highest BCUT2D eigenvalue weighted by atomic mass is 35.5. The number of rotatable bonds is 4. The summed E-state index contributed by atoms with van der Waals surface area (Å²) in [6, 6.07) is 4.37. The van der Waals surface area contributed by atoms with Gasteiger partial charge < -0.3 is 16.0 Å². The molecule has 6 heteroatoms. The highest BCUT2D eigenvalue weighted by Crippen LogP contribution is 2.24. The van der Waals surface area contributed by atoms with Crippen LogP contribution < -0.4 is 11.1 Å². The normalized spacial score (nSPS) is 16.3. The molecule has 0 aliphatic carbocycles. The molecule has 1 fully saturated rings. The van der Waals surface area contributed by atoms with Gasteiger partial charge in [-0.15, -0.1) is 0 Å². The van der Waals surface area contributed by atoms with Gasteiger partial charge in [-0.3, -0.25) is 9.59 Å². The van der Waals surface area contributed by atoms with E-state index in [-0.39, 0.29) is 17.7 Å². The van der Waals surface area contributed by atoms with Crippen molar-refractivity contribution in [2.75, 3.05) is 18.4 Å². The number of amides is 2. The molecular weight excluding hydrogens is 314 g/mol. The molecule has 2 rings (SSSR count). The standard InChI is InChI=1S/C17H24ClN3O2/c1-11(2)15(19)16(22)20-12-6-7-13(14(18)10-12)17(23)21-8-4-3-5-9-21/h6-7,10-11,15H,3-5,8-9,19H2,1-2H3,(H,20,22)/t15-/m0/s1. The maximum absolute atomic E-state index is 12.5. The minimum absolute atomic E-state index is 0.0467. The van der Waals surface area contributed by atoms with Crippen LogP contribution in [0.4, 0.5) is 5.69 Å². The van der Waals surface area contributed by atoms with Crippen molar-refractivity contribution in [3.63, 3.8) is 0 Å². The zero-order valence-corrected chi connectivity index (χ0v) is 14.4. The molecule has 1 aliphatic rings. The number of nitrogens with two attached hydrogens (primary N) is 1. The van der Waals surface area contributed by atoms with Crippen LogP contribution in [-0.4, -0.2) is 35.8 Å². The topological polar surface area (TPSA) is 75.4 Å². The summed E-state index contributed by atoms with van der Waals surface area (Å²) >= 11 is 6.24. The van der Waals surface area contributed by atoms with Gasteiger partial charge in [-0.05, 0) is 43.4 Å². The van der Waals surface area contributed by atoms with Gasteiger partial charge in [-0.25, -0.2) is 0 Å². The van der Waals surface area contributed by atoms with Gasteiger partial charge in [0, 0.05) is 18.8 Å². The van der Waals surface area contributed by atoms with E-state index in [0.29, 0.717) is 16.3 Å². The Labute approximate surface area is 142 Å². The quantitative estimate of drug-likeness (QED) is 0.887. The van der Waals surface area contributed by atoms with Gasteiger partial charge in [-0.2, -0.15) is 0 Å². The molecule has 0 unspecified atom stereocenters. The first-order valence-corrected chi connectivity index (χ1v) is 8.43. The Hall–Kier alpha value is -1.59. The highest BCUT2D eigenvalue weighted by Gasteiger charge is 2.21. The Balaban J connectivity index is 2.08. The lowest BCUT2D eigenvalue weighted by molar-refractivity contribution is -0.118. The number of piperidine rings is 1. The monoisotopic (exact) mass is 337 g/mol. The predicted octanol–water partition coefficient (Wildman–Crippen LogP) is 2.89. The molecule has 1 aliphatic heterocycles. The third kappa shape index (κ3) is 4.45. The summed E-state index contributed by atoms with van der Waals surface area (Å²) in [6.07, 6.45) is 3.23. The number of nitrogens with one attached hydrogen (secondary N) is 1. The smallest absolute Gasteiger partial charge is 0.255 e. The van der Waals surface area contributed by atoms with Gasteiger partial charge in [0.25, 0.3) is 5.91 Å². The minimum atomic E-state index is -0.580. The lowest BCUT2D eigenvalue weighted by Crippen LogP contribution is -2.39. The van der Waals surface area contributed by atoms with Crippen molar-refractivity contribution in [2.24, 2.45) is 11.7 Å². The Bertz CT molecular complexity index is 583. The summed E-state index contributed by atoms with van der Waals surface area (Å²) in [5, 5.41) is 3.08. The molecule has 1 saturated heterocycles. The number of hydrogen-bond acceptors (Lipinski definition) is 3. The van der Waals surface area contributed by atoms with E-state index in [9.17, 15) is 9.59 Å². The second kappa shape index (κ2) is 7.79. The van der Waals surface area contributed by atoms with Crippen molar-refractivity contribution in [3.8, 4) is 0 Å². The summed E-state index contributed by atoms with van der Waals surface area (Å²) in [7, 11) is 0. The molecule has 0 aromatic heterocycles. The Morgan fingerprint density at radius 2 is 1.87 bits per heavy atom. The van der Waals surface area contributed by atoms with Gasteiger partial charge in [0.05, 0.1) is 16.6 Å². The number of hydrogen-bond donors (Lipinski definition) is 2. The number of carbonyl (C=O) groups excluding carboxylic acids is 2. The van der Waals surface area contributed by atoms with Gasteiger partial charge in [0.2, 0.25) is 5.91 Å². The van der Waals surface area contributed by atoms with Gasteiger partial charge in [0.1, 0.15) is 0 Å². The van der Waals surface area contributed by atoms with Crippen LogP contribution in [0.5, 0.6) is 0 Å². The summed E-state index contributed by atoms with van der Waals surface area (Å²) < 4.78 is 0. The molecule has 1 aromatic carbocycles. The number of carbonyl (C=O) groups is 2. The minimum Gasteiger partial charge on any atom is -0.339 e. The van der Waals surface area contributed by atoms with E-state index < -0.39 is 6.04 Å². The van der Waals surface area contributed by atoms with Crippen molar-refractivity contribution in [2.45, 2.75) is 39.2 Å². The first kappa shape index (κ1) is 17.8. The van der Waals surface area contributed by atoms with Crippen molar-refractivity contribution in [3.05, 3.63) is 28.8 Å². The van der Waals surface area contributed by atoms with Crippen molar-refractivity contribution in [1.82, 2.24) is 4.90 Å². The van der Waals surface area contributed by atoms with Crippen LogP contribution in [0.25, 0.3) is 0 Å². The van der Waals surface area contributed by atoms with Crippen LogP contribution in [0.15, 0.2) is 18.2 Å². The van der Waals surface area contributed by atoms with E-state index in [2.05, 4.69) is 5.32 Å². The van der Waals surface area contributed by atoms with E-state index in [1.54, 1.807) is 18.2 Å². The number of nitrogens with zero attached hydrogens (tertiary/aromatic N) is 1.